The van der Waals surface area contributed by atoms with E-state index in [1.54, 1.807) is 12.1 Å². The lowest BCUT2D eigenvalue weighted by Crippen LogP contribution is -2.62. The maximum atomic E-state index is 16.4. The Morgan fingerprint density at radius 1 is 0.304 bits per heavy atom. The molecule has 3 aliphatic rings. The van der Waals surface area contributed by atoms with Crippen molar-refractivity contribution in [3.05, 3.63) is 371 Å². The first kappa shape index (κ1) is 101. The highest BCUT2D eigenvalue weighted by Gasteiger charge is 2.55. The number of benzene rings is 11. The summed E-state index contributed by atoms with van der Waals surface area (Å²) in [5.41, 5.74) is 7.67. The fraction of sp³-hybridized carbons (Fsp3) is 0.374. The van der Waals surface area contributed by atoms with Gasteiger partial charge in [0.1, 0.15) is 98.2 Å². The molecular weight excluding hydrogens is 1770 g/mol. The lowest BCUT2D eigenvalue weighted by molar-refractivity contribution is -0.276. The number of rotatable bonds is 51. The van der Waals surface area contributed by atoms with Gasteiger partial charge in [-0.2, -0.15) is 10.5 Å². The zero-order chi connectivity index (χ0) is 93.9. The topological polar surface area (TPSA) is 283 Å². The third-order valence-electron chi connectivity index (χ3n) is 24.1. The van der Waals surface area contributed by atoms with Crippen LogP contribution < -0.4 is 0 Å². The molecule has 135 heavy (non-hydrogen) atoms. The van der Waals surface area contributed by atoms with Crippen molar-refractivity contribution in [2.45, 2.75) is 203 Å². The smallest absolute Gasteiger partial charge is 0.459 e. The Bertz CT molecular complexity index is 5530. The molecule has 11 unspecified atom stereocenters. The van der Waals surface area contributed by atoms with E-state index >= 15 is 9.13 Å². The van der Waals surface area contributed by atoms with E-state index in [0.29, 0.717) is 5.56 Å². The normalized spacial score (nSPS) is 22.9. The van der Waals surface area contributed by atoms with Crippen molar-refractivity contribution in [2.24, 2.45) is 0 Å². The molecule has 3 saturated heterocycles. The van der Waals surface area contributed by atoms with E-state index < -0.39 is 161 Å². The van der Waals surface area contributed by atoms with E-state index in [1.165, 1.54) is 0 Å². The van der Waals surface area contributed by atoms with Gasteiger partial charge in [-0.1, -0.05) is 324 Å². The third kappa shape index (κ3) is 30.3. The molecular formula is C107H120N2O23P2Si. The average molecular weight is 1890 g/mol. The van der Waals surface area contributed by atoms with Gasteiger partial charge in [0.25, 0.3) is 0 Å². The molecule has 3 fully saturated rings. The second-order valence-corrected chi connectivity index (χ2v) is 42.9. The Hall–Kier alpha value is -9.95. The van der Waals surface area contributed by atoms with E-state index in [4.69, 9.17) is 93.1 Å². The Morgan fingerprint density at radius 3 is 0.785 bits per heavy atom. The van der Waals surface area contributed by atoms with Crippen LogP contribution in [0.25, 0.3) is 10.8 Å². The molecule has 3 heterocycles. The first-order chi connectivity index (χ1) is 65.8. The summed E-state index contributed by atoms with van der Waals surface area (Å²) in [5.74, 6) is -0.634. The number of hydrogen-bond acceptors (Lipinski definition) is 25. The molecule has 14 rings (SSSR count). The maximum absolute atomic E-state index is 16.4. The molecule has 0 aliphatic carbocycles. The zero-order valence-corrected chi connectivity index (χ0v) is 79.6. The highest BCUT2D eigenvalue weighted by Crippen LogP contribution is 2.54. The Morgan fingerprint density at radius 2 is 0.533 bits per heavy atom. The first-order valence-electron chi connectivity index (χ1n) is 45.8. The van der Waals surface area contributed by atoms with E-state index in [0.717, 1.165) is 60.8 Å². The Kier molecular flexibility index (Phi) is 38.5. The molecule has 0 N–H and O–H groups in total. The summed E-state index contributed by atoms with van der Waals surface area (Å²) in [6.07, 6.45) is -17.1. The predicted octanol–water partition coefficient (Wildman–Crippen LogP) is 20.7. The SMILES string of the molecule is CC(C)(C)[Si](C)(C)OC[C@@H]1O[C@H](COP(=O)(OCCC#N)OC[C@@H]2O[C@H](COP(=O)(OCCC#N)OC[C@H]3O[C@@H](COC(=O)c4ccc5ccccc5c4)C(OCc4ccccc4)C(OCc4ccccc4)C3OCc3ccccc3)C(OCc3ccccc3)C(OCc3ccccc3)C2OCc2ccccc2)C(OCc2ccccc2)C(OCc2ccccc2)C1OCc1ccccc1. The summed E-state index contributed by atoms with van der Waals surface area (Å²) in [6.45, 7) is 7.67. The van der Waals surface area contributed by atoms with Gasteiger partial charge < -0.3 is 66.0 Å². The number of carbonyl (C=O) groups excluding carboxylic acids is 1. The van der Waals surface area contributed by atoms with Crippen molar-refractivity contribution < 1.29 is 107 Å². The van der Waals surface area contributed by atoms with Crippen molar-refractivity contribution in [3.63, 3.8) is 0 Å². The van der Waals surface area contributed by atoms with Crippen LogP contribution >= 0.6 is 15.6 Å². The lowest BCUT2D eigenvalue weighted by Gasteiger charge is -2.47. The van der Waals surface area contributed by atoms with Crippen LogP contribution in [-0.4, -0.2) is 159 Å². The number of fused-ring (bicyclic) bond motifs is 1. The molecule has 0 aromatic heterocycles. The minimum absolute atomic E-state index is 0.0153. The predicted molar refractivity (Wildman–Crippen MR) is 510 cm³/mol. The monoisotopic (exact) mass is 1890 g/mol. The van der Waals surface area contributed by atoms with Crippen molar-refractivity contribution in [1.82, 2.24) is 0 Å². The second kappa shape index (κ2) is 51.5. The zero-order valence-electron chi connectivity index (χ0n) is 76.8. The number of ether oxygens (including phenoxy) is 13. The molecule has 28 heteroatoms. The summed E-state index contributed by atoms with van der Waals surface area (Å²) in [4.78, 5) is 14.5. The molecule has 17 atom stereocenters. The van der Waals surface area contributed by atoms with Gasteiger partial charge in [-0.25, -0.2) is 13.9 Å². The fourth-order valence-electron chi connectivity index (χ4n) is 15.8. The van der Waals surface area contributed by atoms with E-state index in [1.807, 2.05) is 303 Å². The van der Waals surface area contributed by atoms with Gasteiger partial charge in [-0.05, 0) is 91.1 Å². The van der Waals surface area contributed by atoms with Gasteiger partial charge in [0.05, 0.1) is 136 Å². The molecule has 710 valence electrons. The number of carbonyl (C=O) groups is 1. The van der Waals surface area contributed by atoms with E-state index in [-0.39, 0.29) is 90.6 Å². The van der Waals surface area contributed by atoms with E-state index in [9.17, 15) is 15.3 Å². The highest BCUT2D eigenvalue weighted by molar-refractivity contribution is 7.48. The standard InChI is InChI=1S/C107H120N2O23P2Si/c1-107(2,3)135(4,5)129-78-96-102(118-69-84-47-25-11-26-48-84)105(121-72-87-53-31-14-32-54-87)101(117-68-83-45-23-10-24-46-83)95(132-96)77-128-134(112,124-62-36-60-109)127-76-94-100(116-67-82-43-21-9-22-44-82)104(120-71-86-51-29-13-30-52-86)99(115-66-81-41-19-8-20-42-81)93(131-94)75-126-133(111,123-61-35-59-108)125-74-92-98(114-65-80-39-17-7-18-40-80)103(119-70-85-49-27-12-28-50-85)97(113-64-79-37-15-6-16-38-79)91(130-92)73-122-106(110)90-58-57-88-55-33-34-56-89(88)63-90/h6-34,37-58,63,91-105H,35-36,61-62,64-78H2,1-5H3/t91-,92+,93+,94-,95+,96-,97?,98?,99?,100?,101?,102?,103?,104?,105?,133?,134?/m0/s1. The van der Waals surface area contributed by atoms with Crippen LogP contribution in [-0.2, 0) is 162 Å². The van der Waals surface area contributed by atoms with Gasteiger partial charge in [0.2, 0.25) is 0 Å². The van der Waals surface area contributed by atoms with E-state index in [2.05, 4.69) is 46.0 Å². The largest absolute Gasteiger partial charge is 0.475 e. The Balaban J connectivity index is 0.815. The minimum atomic E-state index is -5.04. The highest BCUT2D eigenvalue weighted by atomic mass is 31.2. The van der Waals surface area contributed by atoms with Crippen LogP contribution in [0.3, 0.4) is 0 Å². The molecule has 0 radical (unpaired) electrons. The molecule has 0 spiro atoms. The molecule has 3 aliphatic heterocycles. The van der Waals surface area contributed by atoms with Crippen molar-refractivity contribution in [2.75, 3.05) is 52.9 Å². The molecule has 11 aromatic rings. The van der Waals surface area contributed by atoms with Gasteiger partial charge >= 0.3 is 21.6 Å². The van der Waals surface area contributed by atoms with Crippen LogP contribution in [0, 0.1) is 22.7 Å². The molecule has 0 bridgehead atoms. The fourth-order valence-corrected chi connectivity index (χ4v) is 19.2. The van der Waals surface area contributed by atoms with Crippen LogP contribution in [0.1, 0.15) is 94.0 Å². The van der Waals surface area contributed by atoms with Gasteiger partial charge in [-0.15, -0.1) is 0 Å². The quantitative estimate of drug-likeness (QED) is 0.0148. The summed E-state index contributed by atoms with van der Waals surface area (Å²) in [7, 11) is -12.6. The minimum Gasteiger partial charge on any atom is -0.459 e. The molecule has 25 nitrogen and oxygen atoms in total. The molecule has 0 amide bonds. The summed E-state index contributed by atoms with van der Waals surface area (Å²) >= 11 is 0. The Labute approximate surface area is 792 Å². The van der Waals surface area contributed by atoms with Crippen LogP contribution in [0.15, 0.2) is 315 Å². The number of phosphoric acid groups is 2. The maximum Gasteiger partial charge on any atom is 0.475 e. The van der Waals surface area contributed by atoms with Crippen molar-refractivity contribution in [3.8, 4) is 12.1 Å². The van der Waals surface area contributed by atoms with Crippen LogP contribution in [0.4, 0.5) is 0 Å². The van der Waals surface area contributed by atoms with Crippen molar-refractivity contribution >= 4 is 40.7 Å². The van der Waals surface area contributed by atoms with Gasteiger partial charge in [0.15, 0.2) is 8.32 Å². The van der Waals surface area contributed by atoms with Gasteiger partial charge in [-0.3, -0.25) is 27.1 Å². The second-order valence-electron chi connectivity index (χ2n) is 34.8. The number of nitrogens with zero attached hydrogens (tertiary/aromatic N) is 2. The lowest BCUT2D eigenvalue weighted by atomic mass is 9.94. The number of esters is 1. The van der Waals surface area contributed by atoms with Gasteiger partial charge in [0, 0.05) is 0 Å². The third-order valence-corrected chi connectivity index (χ3v) is 31.4. The molecule has 11 aromatic carbocycles. The number of phosphoric ester groups is 2. The first-order valence-corrected chi connectivity index (χ1v) is 51.6. The molecule has 0 saturated carbocycles. The van der Waals surface area contributed by atoms with Crippen LogP contribution in [0.5, 0.6) is 0 Å². The van der Waals surface area contributed by atoms with Crippen LogP contribution in [0.2, 0.25) is 18.1 Å². The number of nitriles is 2. The summed E-state index contributed by atoms with van der Waals surface area (Å²) in [6, 6.07) is 103. The summed E-state index contributed by atoms with van der Waals surface area (Å²) < 4.78 is 171. The summed E-state index contributed by atoms with van der Waals surface area (Å²) in [5, 5.41) is 21.9. The number of hydrogen-bond donors (Lipinski definition) is 0. The van der Waals surface area contributed by atoms with Crippen molar-refractivity contribution in [1.29, 1.82) is 10.5 Å². The average Bonchev–Trinajstić information content (AvgIpc) is 0.552.